The predicted molar refractivity (Wildman–Crippen MR) is 83.5 cm³/mol. The Bertz CT molecular complexity index is 600. The lowest BCUT2D eigenvalue weighted by Crippen LogP contribution is -2.45. The minimum Gasteiger partial charge on any atom is -0.495 e. The summed E-state index contributed by atoms with van der Waals surface area (Å²) in [4.78, 5) is 0.100. The molecule has 8 heteroatoms. The molecule has 1 aromatic carbocycles. The summed E-state index contributed by atoms with van der Waals surface area (Å²) >= 11 is 3.30. The van der Waals surface area contributed by atoms with E-state index in [-0.39, 0.29) is 16.7 Å². The molecule has 1 aliphatic rings. The normalized spacial score (nSPS) is 19.3. The fourth-order valence-electron chi connectivity index (χ4n) is 2.28. The number of hydrogen-bond acceptors (Lipinski definition) is 5. The van der Waals surface area contributed by atoms with Gasteiger partial charge in [0.05, 0.1) is 18.7 Å². The van der Waals surface area contributed by atoms with Gasteiger partial charge >= 0.3 is 0 Å². The maximum atomic E-state index is 12.6. The van der Waals surface area contributed by atoms with E-state index in [1.807, 2.05) is 0 Å². The van der Waals surface area contributed by atoms with Gasteiger partial charge in [0.25, 0.3) is 0 Å². The van der Waals surface area contributed by atoms with Crippen molar-refractivity contribution in [2.45, 2.75) is 23.8 Å². The Labute approximate surface area is 133 Å². The Kier molecular flexibility index (Phi) is 5.48. The predicted octanol–water partition coefficient (Wildman–Crippen LogP) is 1.50. The molecule has 2 N–H and O–H groups in total. The summed E-state index contributed by atoms with van der Waals surface area (Å²) in [5.41, 5.74) is 0. The monoisotopic (exact) mass is 378 g/mol. The molecule has 0 unspecified atom stereocenters. The molecule has 0 aromatic heterocycles. The van der Waals surface area contributed by atoms with Gasteiger partial charge in [-0.2, -0.15) is 0 Å². The Morgan fingerprint density at radius 1 is 1.29 bits per heavy atom. The molecule has 2 rings (SSSR count). The third-order valence-corrected chi connectivity index (χ3v) is 5.51. The zero-order valence-corrected chi connectivity index (χ0v) is 14.4. The number of hydrogen-bond donors (Lipinski definition) is 2. The minimum absolute atomic E-state index is 0.100. The van der Waals surface area contributed by atoms with E-state index in [4.69, 9.17) is 9.47 Å². The molecule has 6 nitrogen and oxygen atoms in total. The molecule has 1 heterocycles. The number of methoxy groups -OCH3 is 2. The standard InChI is InChI=1S/C13H19BrN2O4S/c1-19-11-7-12(20-2)13(6-10(11)14)21(17,18)16-9-4-3-5-15-8-9/h6-7,9,15-16H,3-5,8H2,1-2H3/t9-/m1/s1. The Hall–Kier alpha value is -0.830. The molecule has 1 atom stereocenters. The lowest BCUT2D eigenvalue weighted by atomic mass is 10.1. The first-order valence-corrected chi connectivity index (χ1v) is 8.90. The average molecular weight is 379 g/mol. The van der Waals surface area contributed by atoms with E-state index in [9.17, 15) is 8.42 Å². The zero-order chi connectivity index (χ0) is 15.5. The molecular formula is C13H19BrN2O4S. The third-order valence-electron chi connectivity index (χ3n) is 3.35. The molecule has 0 saturated carbocycles. The van der Waals surface area contributed by atoms with Crippen LogP contribution in [0.5, 0.6) is 11.5 Å². The molecule has 1 aliphatic heterocycles. The highest BCUT2D eigenvalue weighted by Gasteiger charge is 2.26. The second-order valence-electron chi connectivity index (χ2n) is 4.80. The Morgan fingerprint density at radius 2 is 2.00 bits per heavy atom. The summed E-state index contributed by atoms with van der Waals surface area (Å²) in [6.45, 7) is 1.56. The highest BCUT2D eigenvalue weighted by Crippen LogP contribution is 2.35. The maximum Gasteiger partial charge on any atom is 0.244 e. The van der Waals surface area contributed by atoms with Gasteiger partial charge in [-0.15, -0.1) is 0 Å². The van der Waals surface area contributed by atoms with Crippen molar-refractivity contribution in [3.05, 3.63) is 16.6 Å². The van der Waals surface area contributed by atoms with Crippen LogP contribution in [0.3, 0.4) is 0 Å². The van der Waals surface area contributed by atoms with Gasteiger partial charge in [0.1, 0.15) is 16.4 Å². The fourth-order valence-corrected chi connectivity index (χ4v) is 4.38. The summed E-state index contributed by atoms with van der Waals surface area (Å²) in [5.74, 6) is 0.774. The van der Waals surface area contributed by atoms with Crippen molar-refractivity contribution in [2.75, 3.05) is 27.3 Å². The molecule has 1 fully saturated rings. The lowest BCUT2D eigenvalue weighted by molar-refractivity contribution is 0.383. The van der Waals surface area contributed by atoms with Crippen LogP contribution in [0.2, 0.25) is 0 Å². The highest BCUT2D eigenvalue weighted by molar-refractivity contribution is 9.10. The number of rotatable bonds is 5. The molecule has 0 amide bonds. The zero-order valence-electron chi connectivity index (χ0n) is 12.0. The Morgan fingerprint density at radius 3 is 2.57 bits per heavy atom. The van der Waals surface area contributed by atoms with Gasteiger partial charge in [-0.1, -0.05) is 0 Å². The van der Waals surface area contributed by atoms with Crippen molar-refractivity contribution < 1.29 is 17.9 Å². The topological polar surface area (TPSA) is 76.7 Å². The lowest BCUT2D eigenvalue weighted by Gasteiger charge is -2.24. The van der Waals surface area contributed by atoms with E-state index in [1.165, 1.54) is 20.3 Å². The van der Waals surface area contributed by atoms with Crippen molar-refractivity contribution in [2.24, 2.45) is 0 Å². The molecule has 21 heavy (non-hydrogen) atoms. The van der Waals surface area contributed by atoms with Crippen molar-refractivity contribution in [1.82, 2.24) is 10.0 Å². The first-order valence-electron chi connectivity index (χ1n) is 6.62. The smallest absolute Gasteiger partial charge is 0.244 e. The van der Waals surface area contributed by atoms with E-state index < -0.39 is 10.0 Å². The van der Waals surface area contributed by atoms with Gasteiger partial charge in [0, 0.05) is 18.7 Å². The van der Waals surface area contributed by atoms with Crippen LogP contribution in [0.15, 0.2) is 21.5 Å². The summed E-state index contributed by atoms with van der Waals surface area (Å²) in [6.07, 6.45) is 1.78. The number of sulfonamides is 1. The first kappa shape index (κ1) is 16.5. The van der Waals surface area contributed by atoms with Gasteiger partial charge in [0.2, 0.25) is 10.0 Å². The Balaban J connectivity index is 2.32. The van der Waals surface area contributed by atoms with E-state index >= 15 is 0 Å². The molecule has 1 aromatic rings. The van der Waals surface area contributed by atoms with Gasteiger partial charge in [-0.3, -0.25) is 0 Å². The van der Waals surface area contributed by atoms with Crippen molar-refractivity contribution >= 4 is 26.0 Å². The molecule has 118 valence electrons. The summed E-state index contributed by atoms with van der Waals surface area (Å²) in [7, 11) is -0.703. The average Bonchev–Trinajstić information content (AvgIpc) is 2.47. The van der Waals surface area contributed by atoms with E-state index in [2.05, 4.69) is 26.0 Å². The van der Waals surface area contributed by atoms with Gasteiger partial charge in [0.15, 0.2) is 0 Å². The van der Waals surface area contributed by atoms with Crippen LogP contribution in [-0.4, -0.2) is 41.8 Å². The molecule has 0 bridgehead atoms. The van der Waals surface area contributed by atoms with E-state index in [0.29, 0.717) is 16.8 Å². The first-order chi connectivity index (χ1) is 9.97. The summed E-state index contributed by atoms with van der Waals surface area (Å²) < 4.78 is 38.7. The maximum absolute atomic E-state index is 12.6. The van der Waals surface area contributed by atoms with Crippen molar-refractivity contribution in [3.63, 3.8) is 0 Å². The van der Waals surface area contributed by atoms with Crippen molar-refractivity contribution in [1.29, 1.82) is 0 Å². The van der Waals surface area contributed by atoms with E-state index in [1.54, 1.807) is 6.07 Å². The van der Waals surface area contributed by atoms with Crippen LogP contribution in [-0.2, 0) is 10.0 Å². The molecule has 1 saturated heterocycles. The van der Waals surface area contributed by atoms with Crippen LogP contribution in [0.4, 0.5) is 0 Å². The SMILES string of the molecule is COc1cc(OC)c(S(=O)(=O)N[C@@H]2CCCNC2)cc1Br. The summed E-state index contributed by atoms with van der Waals surface area (Å²) in [5, 5.41) is 3.18. The second kappa shape index (κ2) is 6.95. The largest absolute Gasteiger partial charge is 0.495 e. The minimum atomic E-state index is -3.65. The number of halogens is 1. The summed E-state index contributed by atoms with van der Waals surface area (Å²) in [6, 6.07) is 2.95. The number of ether oxygens (including phenoxy) is 2. The van der Waals surface area contributed by atoms with Crippen LogP contribution in [0, 0.1) is 0 Å². The highest BCUT2D eigenvalue weighted by atomic mass is 79.9. The van der Waals surface area contributed by atoms with Crippen LogP contribution in [0.1, 0.15) is 12.8 Å². The second-order valence-corrected chi connectivity index (χ2v) is 7.34. The van der Waals surface area contributed by atoms with Crippen LogP contribution in [0.25, 0.3) is 0 Å². The quantitative estimate of drug-likeness (QED) is 0.811. The van der Waals surface area contributed by atoms with Crippen LogP contribution < -0.4 is 19.5 Å². The molecule has 0 spiro atoms. The number of benzene rings is 1. The van der Waals surface area contributed by atoms with Crippen LogP contribution >= 0.6 is 15.9 Å². The van der Waals surface area contributed by atoms with Gasteiger partial charge in [-0.25, -0.2) is 13.1 Å². The third kappa shape index (κ3) is 3.88. The number of piperidine rings is 1. The van der Waals surface area contributed by atoms with Gasteiger partial charge in [-0.05, 0) is 41.4 Å². The van der Waals surface area contributed by atoms with Crippen molar-refractivity contribution in [3.8, 4) is 11.5 Å². The molecule has 0 radical (unpaired) electrons. The molecular weight excluding hydrogens is 360 g/mol. The van der Waals surface area contributed by atoms with Gasteiger partial charge < -0.3 is 14.8 Å². The number of nitrogens with one attached hydrogen (secondary N) is 2. The fraction of sp³-hybridized carbons (Fsp3) is 0.538. The van der Waals surface area contributed by atoms with E-state index in [0.717, 1.165) is 19.4 Å². The molecule has 0 aliphatic carbocycles.